The van der Waals surface area contributed by atoms with E-state index in [1.807, 2.05) is 13.8 Å². The zero-order chi connectivity index (χ0) is 16.6. The molecule has 0 aromatic heterocycles. The fourth-order valence-corrected chi connectivity index (χ4v) is 4.32. The summed E-state index contributed by atoms with van der Waals surface area (Å²) in [4.78, 5) is 23.8. The molecule has 2 aliphatic heterocycles. The van der Waals surface area contributed by atoms with Crippen LogP contribution in [0.25, 0.3) is 0 Å². The minimum atomic E-state index is -0.574. The van der Waals surface area contributed by atoms with Crippen LogP contribution < -0.4 is 0 Å². The second-order valence-corrected chi connectivity index (χ2v) is 8.10. The Morgan fingerprint density at radius 1 is 1.26 bits per heavy atom. The molecule has 2 saturated heterocycles. The van der Waals surface area contributed by atoms with Gasteiger partial charge in [-0.3, -0.25) is 9.59 Å². The van der Waals surface area contributed by atoms with Crippen molar-refractivity contribution in [2.45, 2.75) is 75.7 Å². The second kappa shape index (κ2) is 7.09. The second-order valence-electron chi connectivity index (χ2n) is 6.99. The van der Waals surface area contributed by atoms with Crippen molar-refractivity contribution in [2.75, 3.05) is 0 Å². The summed E-state index contributed by atoms with van der Waals surface area (Å²) in [7, 11) is 0. The molecule has 0 N–H and O–H groups in total. The zero-order valence-electron chi connectivity index (χ0n) is 13.7. The van der Waals surface area contributed by atoms with E-state index in [2.05, 4.69) is 15.9 Å². The maximum Gasteiger partial charge on any atom is 0.322 e. The van der Waals surface area contributed by atoms with E-state index in [4.69, 9.17) is 14.2 Å². The summed E-state index contributed by atoms with van der Waals surface area (Å²) in [6, 6.07) is 0. The molecule has 0 aromatic carbocycles. The SMILES string of the molecule is CCC(OC(=O)C(Br)CC)OC1C2CC3CC(C2)C(=O)OC1C3. The van der Waals surface area contributed by atoms with Gasteiger partial charge in [0.2, 0.25) is 6.29 Å². The number of esters is 2. The molecule has 0 radical (unpaired) electrons. The third-order valence-corrected chi connectivity index (χ3v) is 6.36. The van der Waals surface area contributed by atoms with Crippen LogP contribution >= 0.6 is 15.9 Å². The van der Waals surface area contributed by atoms with Crippen molar-refractivity contribution in [1.82, 2.24) is 0 Å². The number of fused-ring (bicyclic) bond motifs is 1. The Morgan fingerprint density at radius 3 is 2.74 bits per heavy atom. The minimum Gasteiger partial charge on any atom is -0.459 e. The first-order valence-electron chi connectivity index (χ1n) is 8.72. The third kappa shape index (κ3) is 3.58. The molecule has 5 nitrogen and oxygen atoms in total. The van der Waals surface area contributed by atoms with Crippen LogP contribution in [-0.4, -0.2) is 35.3 Å². The number of rotatable bonds is 6. The number of hydrogen-bond donors (Lipinski definition) is 0. The Bertz CT molecular complexity index is 468. The van der Waals surface area contributed by atoms with Crippen molar-refractivity contribution < 1.29 is 23.8 Å². The van der Waals surface area contributed by atoms with Crippen LogP contribution in [0.3, 0.4) is 0 Å². The molecule has 7 unspecified atom stereocenters. The first-order valence-corrected chi connectivity index (χ1v) is 9.63. The van der Waals surface area contributed by atoms with E-state index in [1.165, 1.54) is 0 Å². The van der Waals surface area contributed by atoms with Gasteiger partial charge in [-0.25, -0.2) is 0 Å². The number of alkyl halides is 1. The van der Waals surface area contributed by atoms with E-state index in [0.29, 0.717) is 24.7 Å². The van der Waals surface area contributed by atoms with Crippen molar-refractivity contribution >= 4 is 27.9 Å². The van der Waals surface area contributed by atoms with Gasteiger partial charge < -0.3 is 14.2 Å². The summed E-state index contributed by atoms with van der Waals surface area (Å²) in [6.07, 6.45) is 4.14. The van der Waals surface area contributed by atoms with Gasteiger partial charge in [-0.05, 0) is 43.9 Å². The number of ether oxygens (including phenoxy) is 3. The molecule has 130 valence electrons. The van der Waals surface area contributed by atoms with Crippen LogP contribution in [0.15, 0.2) is 0 Å². The number of carbonyl (C=O) groups excluding carboxylic acids is 2. The van der Waals surface area contributed by atoms with Gasteiger partial charge in [-0.15, -0.1) is 0 Å². The van der Waals surface area contributed by atoms with Crippen LogP contribution in [0.1, 0.15) is 52.4 Å². The molecule has 2 heterocycles. The summed E-state index contributed by atoms with van der Waals surface area (Å²) in [5.74, 6) is 0.585. The maximum absolute atomic E-state index is 12.1. The summed E-state index contributed by atoms with van der Waals surface area (Å²) in [6.45, 7) is 3.85. The summed E-state index contributed by atoms with van der Waals surface area (Å²) in [5.41, 5.74) is 0. The van der Waals surface area contributed by atoms with Gasteiger partial charge in [0, 0.05) is 6.42 Å². The first kappa shape index (κ1) is 17.2. The molecular weight excluding hydrogens is 364 g/mol. The predicted octanol–water partition coefficient (Wildman–Crippen LogP) is 3.19. The Balaban J connectivity index is 1.66. The first-order chi connectivity index (χ1) is 11.0. The molecule has 0 amide bonds. The highest BCUT2D eigenvalue weighted by Crippen LogP contribution is 2.48. The fourth-order valence-electron chi connectivity index (χ4n) is 4.22. The van der Waals surface area contributed by atoms with Crippen molar-refractivity contribution in [3.05, 3.63) is 0 Å². The molecule has 2 saturated carbocycles. The standard InChI is InChI=1S/C17H25BrO5/c1-3-12(18)17(20)23-14(4-2)22-15-10-5-9-6-11(8-10)16(19)21-13(15)7-9/h9-15H,3-8H2,1-2H3. The van der Waals surface area contributed by atoms with Gasteiger partial charge in [0.1, 0.15) is 17.0 Å². The maximum atomic E-state index is 12.1. The molecule has 4 fully saturated rings. The number of hydrogen-bond acceptors (Lipinski definition) is 5. The summed E-state index contributed by atoms with van der Waals surface area (Å²) >= 11 is 3.31. The van der Waals surface area contributed by atoms with E-state index in [-0.39, 0.29) is 34.9 Å². The molecule has 4 bridgehead atoms. The molecule has 7 atom stereocenters. The Kier molecular flexibility index (Phi) is 5.31. The van der Waals surface area contributed by atoms with E-state index in [1.54, 1.807) is 0 Å². The van der Waals surface area contributed by atoms with Crippen LogP contribution in [0.4, 0.5) is 0 Å². The van der Waals surface area contributed by atoms with Crippen LogP contribution in [0.5, 0.6) is 0 Å². The van der Waals surface area contributed by atoms with Crippen LogP contribution in [0, 0.1) is 17.8 Å². The molecule has 23 heavy (non-hydrogen) atoms. The Hall–Kier alpha value is -0.620. The minimum absolute atomic E-state index is 0.0343. The van der Waals surface area contributed by atoms with E-state index in [0.717, 1.165) is 25.7 Å². The van der Waals surface area contributed by atoms with Crippen molar-refractivity contribution in [3.63, 3.8) is 0 Å². The predicted molar refractivity (Wildman–Crippen MR) is 86.9 cm³/mol. The molecule has 6 heteroatoms. The largest absolute Gasteiger partial charge is 0.459 e. The molecule has 2 aliphatic carbocycles. The van der Waals surface area contributed by atoms with Crippen LogP contribution in [0.2, 0.25) is 0 Å². The van der Waals surface area contributed by atoms with Gasteiger partial charge in [0.05, 0.1) is 5.92 Å². The lowest BCUT2D eigenvalue weighted by Crippen LogP contribution is -2.46. The summed E-state index contributed by atoms with van der Waals surface area (Å²) in [5, 5.41) is 0. The lowest BCUT2D eigenvalue weighted by Gasteiger charge is -2.42. The third-order valence-electron chi connectivity index (χ3n) is 5.34. The summed E-state index contributed by atoms with van der Waals surface area (Å²) < 4.78 is 17.3. The fraction of sp³-hybridized carbons (Fsp3) is 0.882. The van der Waals surface area contributed by atoms with Gasteiger partial charge in [-0.2, -0.15) is 0 Å². The number of carbonyl (C=O) groups is 2. The highest BCUT2D eigenvalue weighted by atomic mass is 79.9. The van der Waals surface area contributed by atoms with E-state index >= 15 is 0 Å². The van der Waals surface area contributed by atoms with E-state index in [9.17, 15) is 9.59 Å². The average molecular weight is 389 g/mol. The molecule has 4 rings (SSSR count). The van der Waals surface area contributed by atoms with Crippen LogP contribution in [-0.2, 0) is 23.8 Å². The normalized spacial score (nSPS) is 37.9. The smallest absolute Gasteiger partial charge is 0.322 e. The average Bonchev–Trinajstić information content (AvgIpc) is 2.70. The van der Waals surface area contributed by atoms with Gasteiger partial charge in [0.15, 0.2) is 0 Å². The monoisotopic (exact) mass is 388 g/mol. The number of halogens is 1. The van der Waals surface area contributed by atoms with Crippen molar-refractivity contribution in [3.8, 4) is 0 Å². The lowest BCUT2D eigenvalue weighted by molar-refractivity contribution is -0.219. The van der Waals surface area contributed by atoms with Gasteiger partial charge >= 0.3 is 11.9 Å². The Labute approximate surface area is 145 Å². The van der Waals surface area contributed by atoms with E-state index < -0.39 is 6.29 Å². The highest BCUT2D eigenvalue weighted by Gasteiger charge is 2.51. The Morgan fingerprint density at radius 2 is 2.04 bits per heavy atom. The highest BCUT2D eigenvalue weighted by molar-refractivity contribution is 9.10. The van der Waals surface area contributed by atoms with Crippen molar-refractivity contribution in [1.29, 1.82) is 0 Å². The molecular formula is C17H25BrO5. The van der Waals surface area contributed by atoms with Gasteiger partial charge in [-0.1, -0.05) is 29.8 Å². The quantitative estimate of drug-likeness (QED) is 0.397. The lowest BCUT2D eigenvalue weighted by atomic mass is 9.67. The topological polar surface area (TPSA) is 61.8 Å². The molecule has 0 spiro atoms. The van der Waals surface area contributed by atoms with Crippen molar-refractivity contribution in [2.24, 2.45) is 17.8 Å². The molecule has 4 aliphatic rings. The van der Waals surface area contributed by atoms with Gasteiger partial charge in [0.25, 0.3) is 0 Å². The molecule has 0 aromatic rings. The zero-order valence-corrected chi connectivity index (χ0v) is 15.3.